The summed E-state index contributed by atoms with van der Waals surface area (Å²) in [6, 6.07) is 19.0. The first-order valence-corrected chi connectivity index (χ1v) is 11.5. The lowest BCUT2D eigenvalue weighted by Crippen LogP contribution is -2.43. The fraction of sp³-hybridized carbons (Fsp3) is 0.308. The Kier molecular flexibility index (Phi) is 5.51. The third-order valence-electron chi connectivity index (χ3n) is 6.77. The van der Waals surface area contributed by atoms with Crippen molar-refractivity contribution in [1.82, 2.24) is 4.90 Å². The van der Waals surface area contributed by atoms with E-state index in [0.29, 0.717) is 5.75 Å². The summed E-state index contributed by atoms with van der Waals surface area (Å²) in [5, 5.41) is 20.7. The highest BCUT2D eigenvalue weighted by atomic mass is 79.9. The fourth-order valence-electron chi connectivity index (χ4n) is 5.30. The number of aliphatic hydroxyl groups is 1. The Hall–Kier alpha value is -2.34. The number of benzene rings is 3. The van der Waals surface area contributed by atoms with Gasteiger partial charge in [-0.1, -0.05) is 64.5 Å². The van der Waals surface area contributed by atoms with Crippen LogP contribution in [0, 0.1) is 0 Å². The summed E-state index contributed by atoms with van der Waals surface area (Å²) in [5.74, 6) is 0.758. The molecule has 0 fully saturated rings. The third kappa shape index (κ3) is 3.55. The second-order valence-electron chi connectivity index (χ2n) is 8.41. The SMILES string of the molecule is COc1cc(Br)c2c(c1O)[C@@H](Cc1ccccc1)N1CCc3cc(CO)ccc3[C@@H]1C2. The van der Waals surface area contributed by atoms with E-state index in [0.717, 1.165) is 47.0 Å². The van der Waals surface area contributed by atoms with Gasteiger partial charge in [-0.25, -0.2) is 0 Å². The number of rotatable bonds is 4. The van der Waals surface area contributed by atoms with Gasteiger partial charge in [0.15, 0.2) is 11.5 Å². The van der Waals surface area contributed by atoms with Crippen LogP contribution in [0.4, 0.5) is 0 Å². The van der Waals surface area contributed by atoms with Crippen molar-refractivity contribution in [3.05, 3.63) is 92.5 Å². The number of halogens is 1. The van der Waals surface area contributed by atoms with E-state index in [4.69, 9.17) is 4.74 Å². The quantitative estimate of drug-likeness (QED) is 0.546. The Bertz CT molecular complexity index is 1120. The lowest BCUT2D eigenvalue weighted by Gasteiger charge is -2.47. The van der Waals surface area contributed by atoms with Gasteiger partial charge in [0.1, 0.15) is 0 Å². The van der Waals surface area contributed by atoms with Crippen molar-refractivity contribution in [3.8, 4) is 11.5 Å². The number of phenolic OH excluding ortho intramolecular Hbond substituents is 1. The molecule has 0 amide bonds. The van der Waals surface area contributed by atoms with Crippen LogP contribution < -0.4 is 4.74 Å². The zero-order chi connectivity index (χ0) is 21.5. The Morgan fingerprint density at radius 1 is 1.10 bits per heavy atom. The lowest BCUT2D eigenvalue weighted by molar-refractivity contribution is 0.103. The van der Waals surface area contributed by atoms with Gasteiger partial charge in [0.2, 0.25) is 0 Å². The highest BCUT2D eigenvalue weighted by molar-refractivity contribution is 9.10. The van der Waals surface area contributed by atoms with E-state index in [1.807, 2.05) is 18.2 Å². The van der Waals surface area contributed by atoms with Crippen LogP contribution >= 0.6 is 15.9 Å². The Morgan fingerprint density at radius 2 is 1.90 bits per heavy atom. The Labute approximate surface area is 191 Å². The molecule has 4 nitrogen and oxygen atoms in total. The minimum atomic E-state index is 0.0493. The molecule has 2 heterocycles. The topological polar surface area (TPSA) is 52.9 Å². The molecule has 0 aliphatic carbocycles. The maximum atomic E-state index is 11.2. The summed E-state index contributed by atoms with van der Waals surface area (Å²) in [7, 11) is 1.60. The maximum absolute atomic E-state index is 11.2. The van der Waals surface area contributed by atoms with Crippen LogP contribution in [0.3, 0.4) is 0 Å². The molecule has 2 atom stereocenters. The number of fused-ring (bicyclic) bond motifs is 4. The summed E-state index contributed by atoms with van der Waals surface area (Å²) < 4.78 is 6.47. The van der Waals surface area contributed by atoms with E-state index in [1.165, 1.54) is 16.7 Å². The number of methoxy groups -OCH3 is 1. The molecule has 0 aromatic heterocycles. The average molecular weight is 480 g/mol. The molecule has 31 heavy (non-hydrogen) atoms. The fourth-order valence-corrected chi connectivity index (χ4v) is 5.88. The van der Waals surface area contributed by atoms with Crippen LogP contribution in [-0.4, -0.2) is 28.8 Å². The van der Waals surface area contributed by atoms with Crippen LogP contribution in [-0.2, 0) is 25.9 Å². The molecule has 0 radical (unpaired) electrons. The van der Waals surface area contributed by atoms with Crippen LogP contribution in [0.1, 0.15) is 45.5 Å². The number of ether oxygens (including phenoxy) is 1. The smallest absolute Gasteiger partial charge is 0.162 e. The molecule has 5 heteroatoms. The summed E-state index contributed by atoms with van der Waals surface area (Å²) in [6.07, 6.45) is 2.58. The standard InChI is InChI=1S/C26H26BrNO3/c1-31-24-14-21(27)20-13-22-19-8-7-17(15-29)11-18(19)9-10-28(22)23(25(20)26(24)30)12-16-5-3-2-4-6-16/h2-8,11,14,22-23,29-30H,9-10,12-13,15H2,1H3/t22-,23+/m0/s1. The van der Waals surface area contributed by atoms with Crippen molar-refractivity contribution in [2.75, 3.05) is 13.7 Å². The monoisotopic (exact) mass is 479 g/mol. The van der Waals surface area contributed by atoms with Gasteiger partial charge in [0, 0.05) is 28.7 Å². The second kappa shape index (κ2) is 8.30. The molecule has 3 aromatic carbocycles. The van der Waals surface area contributed by atoms with E-state index in [-0.39, 0.29) is 24.4 Å². The van der Waals surface area contributed by atoms with Crippen LogP contribution in [0.2, 0.25) is 0 Å². The van der Waals surface area contributed by atoms with Crippen LogP contribution in [0.15, 0.2) is 59.1 Å². The number of aliphatic hydroxyl groups excluding tert-OH is 1. The normalized spacial score (nSPS) is 20.0. The highest BCUT2D eigenvalue weighted by Gasteiger charge is 2.41. The number of hydrogen-bond donors (Lipinski definition) is 2. The van der Waals surface area contributed by atoms with Gasteiger partial charge in [-0.3, -0.25) is 4.90 Å². The number of aromatic hydroxyl groups is 1. The van der Waals surface area contributed by atoms with Crippen LogP contribution in [0.5, 0.6) is 11.5 Å². The minimum absolute atomic E-state index is 0.0493. The van der Waals surface area contributed by atoms with E-state index in [9.17, 15) is 10.2 Å². The van der Waals surface area contributed by atoms with Gasteiger partial charge < -0.3 is 14.9 Å². The molecular formula is C26H26BrNO3. The molecule has 5 rings (SSSR count). The zero-order valence-electron chi connectivity index (χ0n) is 17.5. The highest BCUT2D eigenvalue weighted by Crippen LogP contribution is 2.52. The molecule has 2 aliphatic rings. The minimum Gasteiger partial charge on any atom is -0.504 e. The third-order valence-corrected chi connectivity index (χ3v) is 7.48. The first kappa shape index (κ1) is 20.6. The van der Waals surface area contributed by atoms with Gasteiger partial charge in [-0.05, 0) is 53.1 Å². The molecule has 0 saturated carbocycles. The number of phenols is 1. The van der Waals surface area contributed by atoms with E-state index in [2.05, 4.69) is 57.2 Å². The van der Waals surface area contributed by atoms with Crippen molar-refractivity contribution >= 4 is 15.9 Å². The van der Waals surface area contributed by atoms with Gasteiger partial charge in [-0.2, -0.15) is 0 Å². The summed E-state index contributed by atoms with van der Waals surface area (Å²) in [5.41, 5.74) is 6.99. The summed E-state index contributed by atoms with van der Waals surface area (Å²) >= 11 is 3.76. The average Bonchev–Trinajstić information content (AvgIpc) is 2.81. The lowest BCUT2D eigenvalue weighted by atomic mass is 9.78. The summed E-state index contributed by atoms with van der Waals surface area (Å²) in [6.45, 7) is 0.984. The van der Waals surface area contributed by atoms with Gasteiger partial charge >= 0.3 is 0 Å². The molecule has 160 valence electrons. The largest absolute Gasteiger partial charge is 0.504 e. The molecule has 0 saturated heterocycles. The molecule has 2 N–H and O–H groups in total. The Balaban J connectivity index is 1.66. The molecule has 3 aromatic rings. The zero-order valence-corrected chi connectivity index (χ0v) is 19.1. The maximum Gasteiger partial charge on any atom is 0.162 e. The van der Waals surface area contributed by atoms with E-state index in [1.54, 1.807) is 7.11 Å². The van der Waals surface area contributed by atoms with Crippen molar-refractivity contribution in [1.29, 1.82) is 0 Å². The van der Waals surface area contributed by atoms with Crippen molar-refractivity contribution in [2.45, 2.75) is 38.0 Å². The van der Waals surface area contributed by atoms with Crippen molar-refractivity contribution < 1.29 is 14.9 Å². The predicted octanol–water partition coefficient (Wildman–Crippen LogP) is 5.09. The Morgan fingerprint density at radius 3 is 2.65 bits per heavy atom. The molecular weight excluding hydrogens is 454 g/mol. The predicted molar refractivity (Wildman–Crippen MR) is 124 cm³/mol. The van der Waals surface area contributed by atoms with E-state index >= 15 is 0 Å². The van der Waals surface area contributed by atoms with Crippen LogP contribution in [0.25, 0.3) is 0 Å². The van der Waals surface area contributed by atoms with Gasteiger partial charge in [0.25, 0.3) is 0 Å². The molecule has 0 unspecified atom stereocenters. The molecule has 0 spiro atoms. The summed E-state index contributed by atoms with van der Waals surface area (Å²) in [4.78, 5) is 2.54. The number of hydrogen-bond acceptors (Lipinski definition) is 4. The van der Waals surface area contributed by atoms with Gasteiger partial charge in [-0.15, -0.1) is 0 Å². The second-order valence-corrected chi connectivity index (χ2v) is 9.26. The van der Waals surface area contributed by atoms with E-state index < -0.39 is 0 Å². The molecule has 0 bridgehead atoms. The van der Waals surface area contributed by atoms with Crippen molar-refractivity contribution in [3.63, 3.8) is 0 Å². The first-order valence-electron chi connectivity index (χ1n) is 10.7. The number of nitrogens with zero attached hydrogens (tertiary/aromatic N) is 1. The van der Waals surface area contributed by atoms with Crippen molar-refractivity contribution in [2.24, 2.45) is 0 Å². The van der Waals surface area contributed by atoms with Gasteiger partial charge in [0.05, 0.1) is 13.7 Å². The first-order chi connectivity index (χ1) is 15.1. The molecule has 2 aliphatic heterocycles.